The summed E-state index contributed by atoms with van der Waals surface area (Å²) < 4.78 is 1.21. The van der Waals surface area contributed by atoms with E-state index in [9.17, 15) is 0 Å². The first-order chi connectivity index (χ1) is 9.74. The molecule has 0 bridgehead atoms. The van der Waals surface area contributed by atoms with Gasteiger partial charge in [-0.25, -0.2) is 0 Å². The largest absolute Gasteiger partial charge is 0.367 e. The minimum absolute atomic E-state index is 0.386. The molecule has 2 nitrogen and oxygen atoms in total. The van der Waals surface area contributed by atoms with Crippen LogP contribution in [0.2, 0.25) is 5.02 Å². The smallest absolute Gasteiger partial charge is 0.0504 e. The summed E-state index contributed by atoms with van der Waals surface area (Å²) in [5.41, 5.74) is 2.62. The van der Waals surface area contributed by atoms with Gasteiger partial charge in [0.2, 0.25) is 0 Å². The first kappa shape index (κ1) is 14.2. The summed E-state index contributed by atoms with van der Waals surface area (Å²) in [6, 6.07) is 17.1. The molecule has 0 aliphatic carbocycles. The number of hydrogen-bond donors (Lipinski definition) is 1. The second kappa shape index (κ2) is 6.33. The van der Waals surface area contributed by atoms with Gasteiger partial charge in [-0.05, 0) is 46.4 Å². The summed E-state index contributed by atoms with van der Waals surface area (Å²) >= 11 is 8.41. The van der Waals surface area contributed by atoms with Gasteiger partial charge >= 0.3 is 0 Å². The van der Waals surface area contributed by atoms with Crippen LogP contribution in [0.25, 0.3) is 0 Å². The van der Waals surface area contributed by atoms with E-state index in [1.54, 1.807) is 0 Å². The maximum Gasteiger partial charge on any atom is 0.0504 e. The summed E-state index contributed by atoms with van der Waals surface area (Å²) in [4.78, 5) is 2.44. The van der Waals surface area contributed by atoms with Crippen molar-refractivity contribution < 1.29 is 0 Å². The summed E-state index contributed by atoms with van der Waals surface area (Å²) in [6.07, 6.45) is 0. The number of benzene rings is 2. The molecule has 0 saturated carbocycles. The Bertz CT molecular complexity index is 588. The molecule has 1 aliphatic rings. The molecule has 0 radical (unpaired) electrons. The number of piperazine rings is 1. The van der Waals surface area contributed by atoms with Crippen LogP contribution in [0.15, 0.2) is 48.5 Å². The molecule has 2 aromatic carbocycles. The maximum atomic E-state index is 6.04. The zero-order chi connectivity index (χ0) is 13.9. The summed E-state index contributed by atoms with van der Waals surface area (Å²) in [5.74, 6) is 0. The van der Waals surface area contributed by atoms with Crippen LogP contribution in [0, 0.1) is 3.57 Å². The van der Waals surface area contributed by atoms with Gasteiger partial charge in [-0.1, -0.05) is 41.9 Å². The quantitative estimate of drug-likeness (QED) is 0.766. The highest BCUT2D eigenvalue weighted by atomic mass is 127. The molecule has 104 valence electrons. The van der Waals surface area contributed by atoms with Crippen LogP contribution in [0.3, 0.4) is 0 Å². The molecule has 1 N–H and O–H groups in total. The lowest BCUT2D eigenvalue weighted by atomic mass is 10.0. The van der Waals surface area contributed by atoms with Crippen LogP contribution in [0.4, 0.5) is 5.69 Å². The third kappa shape index (κ3) is 3.10. The SMILES string of the molecule is Clc1ccc(N2CCNC(c3ccccc3)C2)c(I)c1. The van der Waals surface area contributed by atoms with E-state index < -0.39 is 0 Å². The molecule has 4 heteroatoms. The fraction of sp³-hybridized carbons (Fsp3) is 0.250. The van der Waals surface area contributed by atoms with Crippen molar-refractivity contribution in [3.8, 4) is 0 Å². The molecular weight excluding hydrogens is 383 g/mol. The average Bonchev–Trinajstić information content (AvgIpc) is 2.48. The topological polar surface area (TPSA) is 15.3 Å². The van der Waals surface area contributed by atoms with E-state index >= 15 is 0 Å². The van der Waals surface area contributed by atoms with Crippen LogP contribution >= 0.6 is 34.2 Å². The highest BCUT2D eigenvalue weighted by molar-refractivity contribution is 14.1. The fourth-order valence-corrected chi connectivity index (χ4v) is 3.83. The van der Waals surface area contributed by atoms with E-state index in [2.05, 4.69) is 69.2 Å². The lowest BCUT2D eigenvalue weighted by molar-refractivity contribution is 0.471. The van der Waals surface area contributed by atoms with Crippen molar-refractivity contribution in [2.45, 2.75) is 6.04 Å². The third-order valence-electron chi connectivity index (χ3n) is 3.63. The Balaban J connectivity index is 1.81. The Hall–Kier alpha value is -0.780. The van der Waals surface area contributed by atoms with Crippen LogP contribution in [0.1, 0.15) is 11.6 Å². The zero-order valence-corrected chi connectivity index (χ0v) is 13.9. The van der Waals surface area contributed by atoms with E-state index in [1.165, 1.54) is 14.8 Å². The van der Waals surface area contributed by atoms with Crippen LogP contribution in [-0.4, -0.2) is 19.6 Å². The van der Waals surface area contributed by atoms with Crippen molar-refractivity contribution >= 4 is 39.9 Å². The number of hydrogen-bond acceptors (Lipinski definition) is 2. The van der Waals surface area contributed by atoms with E-state index in [4.69, 9.17) is 11.6 Å². The van der Waals surface area contributed by atoms with Crippen molar-refractivity contribution in [3.63, 3.8) is 0 Å². The molecule has 0 spiro atoms. The number of nitrogens with one attached hydrogen (secondary N) is 1. The van der Waals surface area contributed by atoms with Gasteiger partial charge in [0.1, 0.15) is 0 Å². The van der Waals surface area contributed by atoms with Crippen molar-refractivity contribution in [2.24, 2.45) is 0 Å². The molecule has 1 unspecified atom stereocenters. The first-order valence-corrected chi connectivity index (χ1v) is 8.18. The van der Waals surface area contributed by atoms with E-state index in [1.807, 2.05) is 12.1 Å². The molecule has 1 fully saturated rings. The molecule has 1 atom stereocenters. The minimum Gasteiger partial charge on any atom is -0.367 e. The van der Waals surface area contributed by atoms with Crippen LogP contribution < -0.4 is 10.2 Å². The first-order valence-electron chi connectivity index (χ1n) is 6.72. The van der Waals surface area contributed by atoms with E-state index in [0.29, 0.717) is 6.04 Å². The molecule has 20 heavy (non-hydrogen) atoms. The van der Waals surface area contributed by atoms with Gasteiger partial charge in [-0.15, -0.1) is 0 Å². The number of nitrogens with zero attached hydrogens (tertiary/aromatic N) is 1. The molecule has 0 amide bonds. The lowest BCUT2D eigenvalue weighted by Gasteiger charge is -2.36. The molecule has 3 rings (SSSR count). The van der Waals surface area contributed by atoms with Crippen molar-refractivity contribution in [1.82, 2.24) is 5.32 Å². The number of halogens is 2. The van der Waals surface area contributed by atoms with Gasteiger partial charge in [-0.2, -0.15) is 0 Å². The number of rotatable bonds is 2. The highest BCUT2D eigenvalue weighted by Gasteiger charge is 2.21. The van der Waals surface area contributed by atoms with Crippen molar-refractivity contribution in [3.05, 3.63) is 62.7 Å². The van der Waals surface area contributed by atoms with Gasteiger partial charge in [-0.3, -0.25) is 0 Å². The summed E-state index contributed by atoms with van der Waals surface area (Å²) in [6.45, 7) is 3.01. The molecule has 1 aliphatic heterocycles. The fourth-order valence-electron chi connectivity index (χ4n) is 2.62. The van der Waals surface area contributed by atoms with Crippen molar-refractivity contribution in [2.75, 3.05) is 24.5 Å². The minimum atomic E-state index is 0.386. The molecule has 1 saturated heterocycles. The molecule has 1 heterocycles. The molecule has 2 aromatic rings. The predicted octanol–water partition coefficient (Wildman–Crippen LogP) is 4.10. The second-order valence-electron chi connectivity index (χ2n) is 4.96. The Morgan fingerprint density at radius 1 is 1.15 bits per heavy atom. The van der Waals surface area contributed by atoms with Gasteiger partial charge in [0, 0.05) is 34.3 Å². The maximum absolute atomic E-state index is 6.04. The Labute approximate surface area is 138 Å². The van der Waals surface area contributed by atoms with Crippen LogP contribution in [-0.2, 0) is 0 Å². The van der Waals surface area contributed by atoms with Crippen LogP contribution in [0.5, 0.6) is 0 Å². The van der Waals surface area contributed by atoms with Gasteiger partial charge < -0.3 is 10.2 Å². The zero-order valence-electron chi connectivity index (χ0n) is 11.0. The Kier molecular flexibility index (Phi) is 4.48. The van der Waals surface area contributed by atoms with E-state index in [-0.39, 0.29) is 0 Å². The lowest BCUT2D eigenvalue weighted by Crippen LogP contribution is -2.46. The van der Waals surface area contributed by atoms with E-state index in [0.717, 1.165) is 24.7 Å². The standard InChI is InChI=1S/C16H16ClIN2/c17-13-6-7-16(14(18)10-13)20-9-8-19-15(11-20)12-4-2-1-3-5-12/h1-7,10,15,19H,8-9,11H2. The highest BCUT2D eigenvalue weighted by Crippen LogP contribution is 2.28. The predicted molar refractivity (Wildman–Crippen MR) is 93.6 cm³/mol. The summed E-state index contributed by atoms with van der Waals surface area (Å²) in [7, 11) is 0. The monoisotopic (exact) mass is 398 g/mol. The Morgan fingerprint density at radius 3 is 2.70 bits per heavy atom. The molecule has 0 aromatic heterocycles. The Morgan fingerprint density at radius 2 is 1.95 bits per heavy atom. The normalized spacial score (nSPS) is 19.1. The average molecular weight is 399 g/mol. The second-order valence-corrected chi connectivity index (χ2v) is 6.56. The summed E-state index contributed by atoms with van der Waals surface area (Å²) in [5, 5.41) is 4.39. The van der Waals surface area contributed by atoms with Gasteiger partial charge in [0.05, 0.1) is 5.69 Å². The number of anilines is 1. The van der Waals surface area contributed by atoms with Crippen molar-refractivity contribution in [1.29, 1.82) is 0 Å². The van der Waals surface area contributed by atoms with Gasteiger partial charge in [0.15, 0.2) is 0 Å². The third-order valence-corrected chi connectivity index (χ3v) is 4.73. The van der Waals surface area contributed by atoms with Gasteiger partial charge in [0.25, 0.3) is 0 Å². The molecular formula is C16H16ClIN2.